The maximum atomic E-state index is 13.0. The zero-order chi connectivity index (χ0) is 17.8. The number of carbonyl (C=O) groups excluding carboxylic acids is 1. The number of ether oxygens (including phenoxy) is 1. The lowest BCUT2D eigenvalue weighted by Gasteiger charge is -2.22. The van der Waals surface area contributed by atoms with Crippen molar-refractivity contribution in [3.05, 3.63) is 46.8 Å². The number of benzene rings is 1. The number of hydrogen-bond acceptors (Lipinski definition) is 5. The zero-order valence-corrected chi connectivity index (χ0v) is 15.1. The third-order valence-corrected chi connectivity index (χ3v) is 4.68. The summed E-state index contributed by atoms with van der Waals surface area (Å²) >= 11 is 0. The molecule has 2 aromatic rings. The van der Waals surface area contributed by atoms with E-state index >= 15 is 0 Å². The molecule has 1 aromatic heterocycles. The summed E-state index contributed by atoms with van der Waals surface area (Å²) in [4.78, 5) is 17.1. The van der Waals surface area contributed by atoms with Crippen LogP contribution in [0, 0.1) is 13.8 Å². The van der Waals surface area contributed by atoms with Crippen molar-refractivity contribution >= 4 is 5.91 Å². The Morgan fingerprint density at radius 1 is 1.20 bits per heavy atom. The molecule has 0 aliphatic carbocycles. The minimum Gasteiger partial charge on any atom is -0.488 e. The highest BCUT2D eigenvalue weighted by atomic mass is 16.5. The first kappa shape index (κ1) is 17.5. The molecule has 0 atom stereocenters. The lowest BCUT2D eigenvalue weighted by atomic mass is 10.1. The fourth-order valence-corrected chi connectivity index (χ4v) is 3.05. The number of para-hydroxylation sites is 1. The topological polar surface area (TPSA) is 58.8 Å². The van der Waals surface area contributed by atoms with Crippen molar-refractivity contribution in [2.24, 2.45) is 0 Å². The van der Waals surface area contributed by atoms with E-state index in [-0.39, 0.29) is 5.91 Å². The molecule has 0 radical (unpaired) electrons. The number of nitrogens with zero attached hydrogens (tertiary/aromatic N) is 3. The highest BCUT2D eigenvalue weighted by Gasteiger charge is 2.22. The van der Waals surface area contributed by atoms with Crippen LogP contribution in [0.2, 0.25) is 0 Å². The highest BCUT2D eigenvalue weighted by Crippen LogP contribution is 2.23. The van der Waals surface area contributed by atoms with Gasteiger partial charge in [-0.15, -0.1) is 0 Å². The molecule has 1 fully saturated rings. The molecule has 0 unspecified atom stereocenters. The van der Waals surface area contributed by atoms with Crippen LogP contribution in [0.5, 0.6) is 5.75 Å². The molecule has 6 nitrogen and oxygen atoms in total. The van der Waals surface area contributed by atoms with Gasteiger partial charge in [0.1, 0.15) is 18.1 Å². The average molecular weight is 343 g/mol. The minimum absolute atomic E-state index is 0.0321. The lowest BCUT2D eigenvalue weighted by molar-refractivity contribution is 0.0758. The van der Waals surface area contributed by atoms with Gasteiger partial charge in [0, 0.05) is 19.6 Å². The lowest BCUT2D eigenvalue weighted by Crippen LogP contribution is -2.34. The monoisotopic (exact) mass is 343 g/mol. The van der Waals surface area contributed by atoms with Gasteiger partial charge in [0.2, 0.25) is 0 Å². The van der Waals surface area contributed by atoms with E-state index in [1.807, 2.05) is 43.0 Å². The fourth-order valence-electron chi connectivity index (χ4n) is 3.05. The van der Waals surface area contributed by atoms with Crippen molar-refractivity contribution in [1.29, 1.82) is 0 Å². The van der Waals surface area contributed by atoms with Crippen LogP contribution in [0.1, 0.15) is 33.8 Å². The van der Waals surface area contributed by atoms with E-state index in [0.717, 1.165) is 49.6 Å². The van der Waals surface area contributed by atoms with E-state index < -0.39 is 0 Å². The van der Waals surface area contributed by atoms with Gasteiger partial charge in [-0.05, 0) is 46.0 Å². The van der Waals surface area contributed by atoms with Crippen molar-refractivity contribution in [2.45, 2.75) is 26.9 Å². The summed E-state index contributed by atoms with van der Waals surface area (Å²) in [6.07, 6.45) is 0.990. The van der Waals surface area contributed by atoms with Crippen molar-refractivity contribution < 1.29 is 14.1 Å². The van der Waals surface area contributed by atoms with Crippen LogP contribution >= 0.6 is 0 Å². The van der Waals surface area contributed by atoms with E-state index in [1.165, 1.54) is 0 Å². The van der Waals surface area contributed by atoms with Gasteiger partial charge in [0.05, 0.1) is 16.8 Å². The van der Waals surface area contributed by atoms with Crippen molar-refractivity contribution in [3.8, 4) is 5.75 Å². The Morgan fingerprint density at radius 3 is 2.76 bits per heavy atom. The first-order valence-electron chi connectivity index (χ1n) is 8.67. The summed E-state index contributed by atoms with van der Waals surface area (Å²) in [5.41, 5.74) is 2.36. The van der Waals surface area contributed by atoms with Crippen LogP contribution in [0.4, 0.5) is 0 Å². The number of aromatic nitrogens is 1. The number of likely N-dealkylation sites (N-methyl/N-ethyl adjacent to an activating group) is 1. The molecular weight excluding hydrogens is 318 g/mol. The maximum Gasteiger partial charge on any atom is 0.257 e. The van der Waals surface area contributed by atoms with Gasteiger partial charge < -0.3 is 19.1 Å². The predicted octanol–water partition coefficient (Wildman–Crippen LogP) is 2.65. The second-order valence-corrected chi connectivity index (χ2v) is 6.54. The second kappa shape index (κ2) is 7.70. The van der Waals surface area contributed by atoms with Crippen LogP contribution in [-0.2, 0) is 6.61 Å². The number of aryl methyl sites for hydroxylation is 2. The van der Waals surface area contributed by atoms with Crippen molar-refractivity contribution in [3.63, 3.8) is 0 Å². The summed E-state index contributed by atoms with van der Waals surface area (Å²) in [5.74, 6) is 1.38. The van der Waals surface area contributed by atoms with E-state index in [1.54, 1.807) is 0 Å². The molecule has 0 saturated carbocycles. The standard InChI is InChI=1S/C19H25N3O3/c1-14-17(15(2)25-20-14)13-24-18-8-5-4-7-16(18)19(23)22-10-6-9-21(3)11-12-22/h4-5,7-8H,6,9-13H2,1-3H3. The third kappa shape index (κ3) is 4.02. The molecule has 6 heteroatoms. The molecule has 134 valence electrons. The van der Waals surface area contributed by atoms with Gasteiger partial charge in [0.25, 0.3) is 5.91 Å². The smallest absolute Gasteiger partial charge is 0.257 e. The Hall–Kier alpha value is -2.34. The van der Waals surface area contributed by atoms with E-state index in [2.05, 4.69) is 17.1 Å². The van der Waals surface area contributed by atoms with Gasteiger partial charge in [-0.25, -0.2) is 0 Å². The molecule has 1 aromatic carbocycles. The third-order valence-electron chi connectivity index (χ3n) is 4.68. The quantitative estimate of drug-likeness (QED) is 0.854. The first-order chi connectivity index (χ1) is 12.1. The number of amides is 1. The van der Waals surface area contributed by atoms with E-state index in [0.29, 0.717) is 17.9 Å². The van der Waals surface area contributed by atoms with Crippen molar-refractivity contribution in [1.82, 2.24) is 15.0 Å². The first-order valence-corrected chi connectivity index (χ1v) is 8.67. The summed E-state index contributed by atoms with van der Waals surface area (Å²) in [5, 5.41) is 3.94. The average Bonchev–Trinajstić information content (AvgIpc) is 2.80. The Bertz CT molecular complexity index is 722. The Morgan fingerprint density at radius 2 is 2.00 bits per heavy atom. The summed E-state index contributed by atoms with van der Waals surface area (Å²) in [6, 6.07) is 7.44. The zero-order valence-electron chi connectivity index (χ0n) is 15.1. The molecule has 25 heavy (non-hydrogen) atoms. The van der Waals surface area contributed by atoms with Crippen LogP contribution < -0.4 is 4.74 Å². The molecule has 0 spiro atoms. The highest BCUT2D eigenvalue weighted by molar-refractivity contribution is 5.97. The molecule has 1 saturated heterocycles. The molecule has 2 heterocycles. The number of carbonyl (C=O) groups is 1. The maximum absolute atomic E-state index is 13.0. The number of hydrogen-bond donors (Lipinski definition) is 0. The SMILES string of the molecule is Cc1noc(C)c1COc1ccccc1C(=O)N1CCCN(C)CC1. The van der Waals surface area contributed by atoms with Gasteiger partial charge >= 0.3 is 0 Å². The van der Waals surface area contributed by atoms with Gasteiger partial charge in [-0.2, -0.15) is 0 Å². The van der Waals surface area contributed by atoms with Crippen LogP contribution in [0.25, 0.3) is 0 Å². The van der Waals surface area contributed by atoms with Gasteiger partial charge in [0.15, 0.2) is 0 Å². The molecule has 1 amide bonds. The van der Waals surface area contributed by atoms with E-state index in [9.17, 15) is 4.79 Å². The summed E-state index contributed by atoms with van der Waals surface area (Å²) in [7, 11) is 2.09. The van der Waals surface area contributed by atoms with Gasteiger partial charge in [-0.3, -0.25) is 4.79 Å². The molecular formula is C19H25N3O3. The van der Waals surface area contributed by atoms with Crippen LogP contribution in [0.3, 0.4) is 0 Å². The summed E-state index contributed by atoms with van der Waals surface area (Å²) < 4.78 is 11.1. The Kier molecular flexibility index (Phi) is 5.38. The Balaban J connectivity index is 1.75. The fraction of sp³-hybridized carbons (Fsp3) is 0.474. The van der Waals surface area contributed by atoms with E-state index in [4.69, 9.17) is 9.26 Å². The number of rotatable bonds is 4. The van der Waals surface area contributed by atoms with Gasteiger partial charge in [-0.1, -0.05) is 17.3 Å². The molecule has 0 N–H and O–H groups in total. The summed E-state index contributed by atoms with van der Waals surface area (Å²) in [6.45, 7) is 7.54. The Labute approximate surface area is 148 Å². The minimum atomic E-state index is 0.0321. The predicted molar refractivity (Wildman–Crippen MR) is 94.8 cm³/mol. The molecule has 1 aliphatic heterocycles. The molecule has 1 aliphatic rings. The normalized spacial score (nSPS) is 15.9. The van der Waals surface area contributed by atoms with Crippen LogP contribution in [-0.4, -0.2) is 54.1 Å². The molecule has 3 rings (SSSR count). The van der Waals surface area contributed by atoms with Crippen molar-refractivity contribution in [2.75, 3.05) is 33.2 Å². The molecule has 0 bridgehead atoms. The largest absolute Gasteiger partial charge is 0.488 e. The van der Waals surface area contributed by atoms with Crippen LogP contribution in [0.15, 0.2) is 28.8 Å². The second-order valence-electron chi connectivity index (χ2n) is 6.54.